The van der Waals surface area contributed by atoms with Crippen LogP contribution in [0.3, 0.4) is 0 Å². The Bertz CT molecular complexity index is 89.6. The summed E-state index contributed by atoms with van der Waals surface area (Å²) >= 11 is 0. The van der Waals surface area contributed by atoms with E-state index >= 15 is 0 Å². The quantitative estimate of drug-likeness (QED) is 0.318. The zero-order valence-electron chi connectivity index (χ0n) is 4.76. The zero-order chi connectivity index (χ0) is 8.08. The van der Waals surface area contributed by atoms with E-state index in [9.17, 15) is 0 Å². The molecule has 0 aromatic rings. The third-order valence-corrected chi connectivity index (χ3v) is 0. The van der Waals surface area contributed by atoms with Crippen LogP contribution in [0.15, 0.2) is 0 Å². The van der Waals surface area contributed by atoms with Gasteiger partial charge in [0.1, 0.15) is 0 Å². The van der Waals surface area contributed by atoms with Crippen molar-refractivity contribution in [3.05, 3.63) is 0 Å². The van der Waals surface area contributed by atoms with Crippen molar-refractivity contribution in [2.45, 2.75) is 0 Å². The smallest absolute Gasteiger partial charge is 0.907 e. The molecular formula is BMnO7PZr. The van der Waals surface area contributed by atoms with Gasteiger partial charge >= 0.3 is 43.3 Å². The van der Waals surface area contributed by atoms with E-state index in [0.717, 1.165) is 0 Å². The fourth-order valence-electron chi connectivity index (χ4n) is 0. The van der Waals surface area contributed by atoms with E-state index < -0.39 is 15.1 Å². The fraction of sp³-hybridized carbons (Fsp3) is 0. The number of rotatable bonds is 0. The van der Waals surface area contributed by atoms with Gasteiger partial charge < -0.3 is 34.3 Å². The molecule has 0 fully saturated rings. The Morgan fingerprint density at radius 3 is 1.00 bits per heavy atom. The van der Waals surface area contributed by atoms with E-state index in [1.54, 1.807) is 0 Å². The van der Waals surface area contributed by atoms with Gasteiger partial charge in [0.05, 0.1) is 0 Å². The van der Waals surface area contributed by atoms with Gasteiger partial charge in [-0.25, -0.2) is 0 Å². The second-order valence-electron chi connectivity index (χ2n) is 0.736. The molecule has 0 aliphatic carbocycles. The van der Waals surface area contributed by atoms with Crippen molar-refractivity contribution in [2.75, 3.05) is 0 Å². The number of hydrogen-bond donors (Lipinski definition) is 0. The Morgan fingerprint density at radius 1 is 1.00 bits per heavy atom. The SMILES string of the molecule is O=P([O-])([O-])[O-].[Mn+2].[O-]B([O-])[O-].[Zr+4]. The largest absolute Gasteiger partial charge is 4.00 e. The van der Waals surface area contributed by atoms with E-state index in [1.807, 2.05) is 0 Å². The standard InChI is InChI=1S/BO3.Mn.H3O4P.Zr/c2-1(3)4;;1-5(2,3)4;/h;;(H3,1,2,3,4);/q-3;+2;;+4/p-3. The van der Waals surface area contributed by atoms with Crippen LogP contribution in [0, 0.1) is 0 Å². The molecule has 0 aliphatic rings. The summed E-state index contributed by atoms with van der Waals surface area (Å²) in [6.07, 6.45) is 0. The molecule has 0 bridgehead atoms. The van der Waals surface area contributed by atoms with Gasteiger partial charge in [0.2, 0.25) is 0 Å². The molecule has 1 radical (unpaired) electrons. The first-order valence-electron chi connectivity index (χ1n) is 1.44. The Labute approximate surface area is 92.5 Å². The van der Waals surface area contributed by atoms with Gasteiger partial charge in [0.25, 0.3) is 0 Å². The molecule has 0 aromatic carbocycles. The van der Waals surface area contributed by atoms with E-state index in [1.165, 1.54) is 0 Å². The molecule has 0 spiro atoms. The molecule has 0 rings (SSSR count). The van der Waals surface area contributed by atoms with Crippen molar-refractivity contribution in [2.24, 2.45) is 0 Å². The minimum atomic E-state index is -5.39. The van der Waals surface area contributed by atoms with Gasteiger partial charge in [-0.2, -0.15) is 7.82 Å². The van der Waals surface area contributed by atoms with Crippen molar-refractivity contribution in [1.82, 2.24) is 0 Å². The summed E-state index contributed by atoms with van der Waals surface area (Å²) in [4.78, 5) is 25.6. The molecule has 0 saturated heterocycles. The molecule has 0 saturated carbocycles. The third kappa shape index (κ3) is 482. The van der Waals surface area contributed by atoms with Crippen LogP contribution in [0.5, 0.6) is 0 Å². The Balaban J connectivity index is -0.0000000383. The van der Waals surface area contributed by atoms with Crippen LogP contribution in [0.1, 0.15) is 0 Å². The van der Waals surface area contributed by atoms with Crippen molar-refractivity contribution in [3.8, 4) is 0 Å². The molecule has 0 atom stereocenters. The van der Waals surface area contributed by atoms with Gasteiger partial charge in [-0.05, 0) is 0 Å². The maximum atomic E-state index is 8.55. The Hall–Kier alpha value is 1.46. The summed E-state index contributed by atoms with van der Waals surface area (Å²) in [6, 6.07) is 0. The molecule has 0 aromatic heterocycles. The fourth-order valence-corrected chi connectivity index (χ4v) is 0. The summed E-state index contributed by atoms with van der Waals surface area (Å²) in [5, 5.41) is 25.2. The van der Waals surface area contributed by atoms with E-state index in [2.05, 4.69) is 0 Å². The Kier molecular flexibility index (Phi) is 23.8. The van der Waals surface area contributed by atoms with Crippen molar-refractivity contribution >= 4 is 15.1 Å². The minimum absolute atomic E-state index is 0. The summed E-state index contributed by atoms with van der Waals surface area (Å²) < 4.78 is 8.55. The first-order chi connectivity index (χ1) is 3.73. The minimum Gasteiger partial charge on any atom is -0.907 e. The predicted molar refractivity (Wildman–Crippen MR) is 13.4 cm³/mol. The molecule has 0 aliphatic heterocycles. The van der Waals surface area contributed by atoms with Gasteiger partial charge in [0.15, 0.2) is 0 Å². The van der Waals surface area contributed by atoms with Crippen LogP contribution in [-0.4, -0.2) is 7.32 Å². The monoisotopic (exact) mass is 299 g/mol. The topological polar surface area (TPSA) is 155 Å². The van der Waals surface area contributed by atoms with Gasteiger partial charge in [-0.15, -0.1) is 0 Å². The van der Waals surface area contributed by atoms with E-state index in [-0.39, 0.29) is 43.3 Å². The van der Waals surface area contributed by atoms with Gasteiger partial charge in [-0.3, -0.25) is 7.32 Å². The third-order valence-electron chi connectivity index (χ3n) is 0. The molecule has 0 N–H and O–H groups in total. The van der Waals surface area contributed by atoms with Crippen LogP contribution in [-0.2, 0) is 47.8 Å². The van der Waals surface area contributed by atoms with Crippen LogP contribution in [0.2, 0.25) is 0 Å². The van der Waals surface area contributed by atoms with Crippen molar-refractivity contribution < 1.29 is 77.6 Å². The van der Waals surface area contributed by atoms with Gasteiger partial charge in [-0.1, -0.05) is 0 Å². The van der Waals surface area contributed by atoms with Crippen LogP contribution >= 0.6 is 7.82 Å². The number of hydrogen-bond acceptors (Lipinski definition) is 7. The first kappa shape index (κ1) is 22.9. The maximum absolute atomic E-state index is 8.55. The Morgan fingerprint density at radius 2 is 1.00 bits per heavy atom. The summed E-state index contributed by atoms with van der Waals surface area (Å²) in [6.45, 7) is 0. The van der Waals surface area contributed by atoms with E-state index in [0.29, 0.717) is 0 Å². The molecule has 0 unspecified atom stereocenters. The molecule has 7 nitrogen and oxygen atoms in total. The molecular weight excluding hydrogens is 300 g/mol. The number of phosphoric acid groups is 1. The van der Waals surface area contributed by atoms with Crippen LogP contribution in [0.25, 0.3) is 0 Å². The van der Waals surface area contributed by atoms with Crippen molar-refractivity contribution in [1.29, 1.82) is 0 Å². The van der Waals surface area contributed by atoms with Gasteiger partial charge in [0, 0.05) is 0 Å². The predicted octanol–water partition coefficient (Wildman–Crippen LogP) is -6.78. The normalized spacial score (nSPS) is 7.82. The van der Waals surface area contributed by atoms with Crippen molar-refractivity contribution in [3.63, 3.8) is 0 Å². The molecule has 61 valence electrons. The summed E-state index contributed by atoms with van der Waals surface area (Å²) in [7, 11) is -8.31. The first-order valence-corrected chi connectivity index (χ1v) is 2.90. The average molecular weight is 300 g/mol. The van der Waals surface area contributed by atoms with E-state index in [4.69, 9.17) is 34.3 Å². The second kappa shape index (κ2) is 11.5. The zero-order valence-corrected chi connectivity index (χ0v) is 9.29. The molecule has 0 amide bonds. The van der Waals surface area contributed by atoms with Crippen LogP contribution in [0.4, 0.5) is 0 Å². The second-order valence-corrected chi connectivity index (χ2v) is 1.63. The molecule has 0 heterocycles. The average Bonchev–Trinajstić information content (AvgIpc) is 1.19. The maximum Gasteiger partial charge on any atom is 4.00 e. The molecule has 11 heavy (non-hydrogen) atoms. The summed E-state index contributed by atoms with van der Waals surface area (Å²) in [5.74, 6) is 0. The van der Waals surface area contributed by atoms with Crippen LogP contribution < -0.4 is 29.8 Å². The summed E-state index contributed by atoms with van der Waals surface area (Å²) in [5.41, 5.74) is 0. The molecule has 11 heteroatoms.